The molecule has 1 saturated heterocycles. The summed E-state index contributed by atoms with van der Waals surface area (Å²) in [4.78, 5) is 13.6. The summed E-state index contributed by atoms with van der Waals surface area (Å²) < 4.78 is 0. The fourth-order valence-electron chi connectivity index (χ4n) is 1.70. The Balaban J connectivity index is 0.00000128. The molecule has 0 saturated carbocycles. The molecule has 1 atom stereocenters. The van der Waals surface area contributed by atoms with Crippen molar-refractivity contribution in [2.75, 3.05) is 18.5 Å². The number of carbonyl (C=O) groups is 1. The van der Waals surface area contributed by atoms with Crippen LogP contribution in [0.3, 0.4) is 0 Å². The molecule has 0 aliphatic carbocycles. The van der Waals surface area contributed by atoms with Gasteiger partial charge in [-0.1, -0.05) is 12.1 Å². The van der Waals surface area contributed by atoms with Crippen LogP contribution >= 0.6 is 12.4 Å². The molecule has 3 nitrogen and oxygen atoms in total. The fraction of sp³-hybridized carbons (Fsp3) is 0.417. The van der Waals surface area contributed by atoms with Crippen molar-refractivity contribution in [2.45, 2.75) is 19.4 Å². The summed E-state index contributed by atoms with van der Waals surface area (Å²) in [5.41, 5.74) is 2.14. The highest BCUT2D eigenvalue weighted by Gasteiger charge is 2.27. The predicted octanol–water partition coefficient (Wildman–Crippen LogP) is 1.74. The van der Waals surface area contributed by atoms with Gasteiger partial charge in [-0.05, 0) is 37.6 Å². The number of benzene rings is 1. The van der Waals surface area contributed by atoms with E-state index in [1.54, 1.807) is 4.90 Å². The summed E-state index contributed by atoms with van der Waals surface area (Å²) in [6.07, 6.45) is 0.953. The van der Waals surface area contributed by atoms with E-state index in [4.69, 9.17) is 0 Å². The summed E-state index contributed by atoms with van der Waals surface area (Å²) in [5.74, 6) is 0.159. The molecule has 1 amide bonds. The van der Waals surface area contributed by atoms with Crippen molar-refractivity contribution < 1.29 is 4.79 Å². The molecule has 16 heavy (non-hydrogen) atoms. The summed E-state index contributed by atoms with van der Waals surface area (Å²) in [7, 11) is 1.83. The number of rotatable bonds is 2. The van der Waals surface area contributed by atoms with Crippen LogP contribution in [0.2, 0.25) is 0 Å². The standard InChI is InChI=1S/C12H16N2O.ClH/c1-9-4-3-5-10(8-9)14(2)12(15)11-6-7-13-11;/h3-5,8,11,13H,6-7H2,1-2H3;1H/t11-;/m1./s1. The van der Waals surface area contributed by atoms with Gasteiger partial charge in [0, 0.05) is 12.7 Å². The lowest BCUT2D eigenvalue weighted by Crippen LogP contribution is -2.53. The number of amides is 1. The van der Waals surface area contributed by atoms with E-state index in [-0.39, 0.29) is 24.4 Å². The van der Waals surface area contributed by atoms with Crippen molar-refractivity contribution in [3.8, 4) is 0 Å². The Labute approximate surface area is 102 Å². The summed E-state index contributed by atoms with van der Waals surface area (Å²) in [5, 5.41) is 3.12. The molecular formula is C12H17ClN2O. The largest absolute Gasteiger partial charge is 0.314 e. The van der Waals surface area contributed by atoms with Gasteiger partial charge in [-0.2, -0.15) is 0 Å². The molecule has 1 aromatic carbocycles. The van der Waals surface area contributed by atoms with Crippen LogP contribution in [0.25, 0.3) is 0 Å². The smallest absolute Gasteiger partial charge is 0.243 e. The third-order valence-electron chi connectivity index (χ3n) is 2.84. The molecule has 1 fully saturated rings. The maximum atomic E-state index is 11.9. The van der Waals surface area contributed by atoms with Gasteiger partial charge in [0.25, 0.3) is 0 Å². The Morgan fingerprint density at radius 3 is 2.69 bits per heavy atom. The molecule has 1 N–H and O–H groups in total. The first-order chi connectivity index (χ1) is 7.18. The number of carbonyl (C=O) groups excluding carboxylic acids is 1. The van der Waals surface area contributed by atoms with Gasteiger partial charge >= 0.3 is 0 Å². The van der Waals surface area contributed by atoms with Gasteiger partial charge in [0.15, 0.2) is 0 Å². The van der Waals surface area contributed by atoms with Crippen LogP contribution in [-0.4, -0.2) is 25.5 Å². The number of nitrogens with one attached hydrogen (secondary N) is 1. The van der Waals surface area contributed by atoms with Gasteiger partial charge in [-0.25, -0.2) is 0 Å². The molecule has 0 spiro atoms. The van der Waals surface area contributed by atoms with Crippen molar-refractivity contribution in [3.05, 3.63) is 29.8 Å². The van der Waals surface area contributed by atoms with Crippen LogP contribution < -0.4 is 10.2 Å². The van der Waals surface area contributed by atoms with Gasteiger partial charge in [-0.15, -0.1) is 12.4 Å². The second-order valence-electron chi connectivity index (χ2n) is 4.03. The van der Waals surface area contributed by atoms with E-state index in [1.807, 2.05) is 38.2 Å². The molecule has 2 rings (SSSR count). The first kappa shape index (κ1) is 13.0. The number of nitrogens with zero attached hydrogens (tertiary/aromatic N) is 1. The quantitative estimate of drug-likeness (QED) is 0.854. The Hall–Kier alpha value is -1.06. The average Bonchev–Trinajstić information content (AvgIpc) is 2.14. The molecule has 4 heteroatoms. The van der Waals surface area contributed by atoms with Crippen LogP contribution in [0.5, 0.6) is 0 Å². The lowest BCUT2D eigenvalue weighted by molar-refractivity contribution is -0.121. The van der Waals surface area contributed by atoms with Crippen LogP contribution in [0.4, 0.5) is 5.69 Å². The zero-order chi connectivity index (χ0) is 10.8. The SMILES string of the molecule is Cc1cccc(N(C)C(=O)[C@H]2CCN2)c1.Cl. The molecule has 88 valence electrons. The first-order valence-electron chi connectivity index (χ1n) is 5.26. The van der Waals surface area contributed by atoms with Gasteiger partial charge in [0.2, 0.25) is 5.91 Å². The van der Waals surface area contributed by atoms with Gasteiger partial charge < -0.3 is 10.2 Å². The second kappa shape index (κ2) is 5.32. The number of anilines is 1. The van der Waals surface area contributed by atoms with Crippen molar-refractivity contribution in [3.63, 3.8) is 0 Å². The number of hydrogen-bond acceptors (Lipinski definition) is 2. The van der Waals surface area contributed by atoms with E-state index in [1.165, 1.54) is 5.56 Å². The molecule has 0 radical (unpaired) electrons. The fourth-order valence-corrected chi connectivity index (χ4v) is 1.70. The zero-order valence-corrected chi connectivity index (χ0v) is 10.4. The minimum atomic E-state index is 0. The van der Waals surface area contributed by atoms with E-state index >= 15 is 0 Å². The normalized spacial score (nSPS) is 18.2. The molecule has 1 aliphatic rings. The monoisotopic (exact) mass is 240 g/mol. The van der Waals surface area contributed by atoms with Crippen LogP contribution in [0.1, 0.15) is 12.0 Å². The van der Waals surface area contributed by atoms with Gasteiger partial charge in [-0.3, -0.25) is 4.79 Å². The lowest BCUT2D eigenvalue weighted by Gasteiger charge is -2.30. The van der Waals surface area contributed by atoms with E-state index in [0.717, 1.165) is 18.7 Å². The van der Waals surface area contributed by atoms with Crippen LogP contribution in [-0.2, 0) is 4.79 Å². The third kappa shape index (κ3) is 2.54. The molecule has 0 bridgehead atoms. The summed E-state index contributed by atoms with van der Waals surface area (Å²) in [6.45, 7) is 2.99. The molecule has 1 aliphatic heterocycles. The van der Waals surface area contributed by atoms with Crippen molar-refractivity contribution in [2.24, 2.45) is 0 Å². The van der Waals surface area contributed by atoms with E-state index < -0.39 is 0 Å². The minimum Gasteiger partial charge on any atom is -0.314 e. The van der Waals surface area contributed by atoms with E-state index in [9.17, 15) is 4.79 Å². The highest BCUT2D eigenvalue weighted by atomic mass is 35.5. The Morgan fingerprint density at radius 2 is 2.19 bits per heavy atom. The predicted molar refractivity (Wildman–Crippen MR) is 68.2 cm³/mol. The topological polar surface area (TPSA) is 32.3 Å². The van der Waals surface area contributed by atoms with Gasteiger partial charge in [0.1, 0.15) is 0 Å². The third-order valence-corrected chi connectivity index (χ3v) is 2.84. The maximum absolute atomic E-state index is 11.9. The highest BCUT2D eigenvalue weighted by molar-refractivity contribution is 5.97. The maximum Gasteiger partial charge on any atom is 0.243 e. The lowest BCUT2D eigenvalue weighted by atomic mass is 10.1. The van der Waals surface area contributed by atoms with Crippen molar-refractivity contribution in [1.29, 1.82) is 0 Å². The summed E-state index contributed by atoms with van der Waals surface area (Å²) in [6, 6.07) is 8.02. The number of likely N-dealkylation sites (N-methyl/N-ethyl adjacent to an activating group) is 1. The van der Waals surface area contributed by atoms with Gasteiger partial charge in [0.05, 0.1) is 6.04 Å². The molecule has 1 heterocycles. The van der Waals surface area contributed by atoms with Crippen LogP contribution in [0, 0.1) is 6.92 Å². The zero-order valence-electron chi connectivity index (χ0n) is 9.56. The molecule has 1 aromatic rings. The minimum absolute atomic E-state index is 0. The molecule has 0 unspecified atom stereocenters. The van der Waals surface area contributed by atoms with Crippen molar-refractivity contribution >= 4 is 24.0 Å². The van der Waals surface area contributed by atoms with Crippen LogP contribution in [0.15, 0.2) is 24.3 Å². The van der Waals surface area contributed by atoms with Crippen molar-refractivity contribution in [1.82, 2.24) is 5.32 Å². The number of halogens is 1. The number of aryl methyl sites for hydroxylation is 1. The Bertz CT molecular complexity index is 377. The second-order valence-corrected chi connectivity index (χ2v) is 4.03. The summed E-state index contributed by atoms with van der Waals surface area (Å²) >= 11 is 0. The highest BCUT2D eigenvalue weighted by Crippen LogP contribution is 2.17. The molecule has 0 aromatic heterocycles. The first-order valence-corrected chi connectivity index (χ1v) is 5.26. The Kier molecular flexibility index (Phi) is 4.33. The van der Waals surface area contributed by atoms with E-state index in [2.05, 4.69) is 5.32 Å². The average molecular weight is 241 g/mol. The van der Waals surface area contributed by atoms with E-state index in [0.29, 0.717) is 0 Å². The molecular weight excluding hydrogens is 224 g/mol. The Morgan fingerprint density at radius 1 is 1.50 bits per heavy atom. The number of hydrogen-bond donors (Lipinski definition) is 1.